The van der Waals surface area contributed by atoms with E-state index in [0.717, 1.165) is 18.0 Å². The van der Waals surface area contributed by atoms with E-state index in [-0.39, 0.29) is 29.5 Å². The minimum absolute atomic E-state index is 0.0544. The number of alkyl halides is 3. The summed E-state index contributed by atoms with van der Waals surface area (Å²) in [6.45, 7) is 2.87. The van der Waals surface area contributed by atoms with Crippen LogP contribution in [0.15, 0.2) is 36.7 Å². The molecule has 0 spiro atoms. The number of halogens is 3. The summed E-state index contributed by atoms with van der Waals surface area (Å²) in [5.41, 5.74) is 0.529. The van der Waals surface area contributed by atoms with Gasteiger partial charge in [-0.2, -0.15) is 28.1 Å². The van der Waals surface area contributed by atoms with Crippen molar-refractivity contribution in [1.82, 2.24) is 24.9 Å². The summed E-state index contributed by atoms with van der Waals surface area (Å²) in [6, 6.07) is 6.39. The Labute approximate surface area is 163 Å². The molecule has 0 aromatic carbocycles. The van der Waals surface area contributed by atoms with Gasteiger partial charge in [-0.15, -0.1) is 0 Å². The van der Waals surface area contributed by atoms with Crippen LogP contribution in [0.1, 0.15) is 11.3 Å². The highest BCUT2D eigenvalue weighted by Crippen LogP contribution is 2.30. The van der Waals surface area contributed by atoms with Gasteiger partial charge in [-0.1, -0.05) is 6.07 Å². The summed E-state index contributed by atoms with van der Waals surface area (Å²) in [5, 5.41) is 5.88. The Kier molecular flexibility index (Phi) is 4.97. The Morgan fingerprint density at radius 1 is 1.03 bits per heavy atom. The van der Waals surface area contributed by atoms with Crippen molar-refractivity contribution in [2.75, 3.05) is 23.8 Å². The van der Waals surface area contributed by atoms with E-state index in [1.165, 1.54) is 6.20 Å². The third-order valence-corrected chi connectivity index (χ3v) is 4.05. The molecule has 0 saturated carbocycles. The maximum absolute atomic E-state index is 12.9. The van der Waals surface area contributed by atoms with Gasteiger partial charge < -0.3 is 15.4 Å². The molecule has 0 unspecified atom stereocenters. The average Bonchev–Trinajstić information content (AvgIpc) is 2.64. The molecule has 3 aromatic rings. The Bertz CT molecular complexity index is 1020. The summed E-state index contributed by atoms with van der Waals surface area (Å²) < 4.78 is 44.0. The topological polar surface area (TPSA) is 97.7 Å². The van der Waals surface area contributed by atoms with Gasteiger partial charge in [-0.3, -0.25) is 4.98 Å². The highest BCUT2D eigenvalue weighted by Gasteiger charge is 2.31. The van der Waals surface area contributed by atoms with Gasteiger partial charge in [0.25, 0.3) is 0 Å². The zero-order valence-electron chi connectivity index (χ0n) is 15.2. The Hall–Kier alpha value is -3.34. The van der Waals surface area contributed by atoms with Crippen LogP contribution in [-0.2, 0) is 10.9 Å². The molecule has 150 valence electrons. The first-order valence-corrected chi connectivity index (χ1v) is 8.70. The summed E-state index contributed by atoms with van der Waals surface area (Å²) in [4.78, 5) is 21.0. The normalized spacial score (nSPS) is 14.3. The van der Waals surface area contributed by atoms with E-state index >= 15 is 0 Å². The molecule has 3 aromatic heterocycles. The predicted octanol–water partition coefficient (Wildman–Crippen LogP) is 3.21. The molecular formula is C18H16F3N7O. The van der Waals surface area contributed by atoms with Crippen LogP contribution in [0.2, 0.25) is 0 Å². The van der Waals surface area contributed by atoms with Crippen molar-refractivity contribution in [3.63, 3.8) is 0 Å². The molecule has 1 aliphatic rings. The zero-order valence-corrected chi connectivity index (χ0v) is 15.2. The second-order valence-electron chi connectivity index (χ2n) is 6.43. The SMILES string of the molecule is Cc1cccc(-c2nc(Nc3cncc(C(F)(F)F)c3)nc(NC3COC3)n2)n1. The largest absolute Gasteiger partial charge is 0.417 e. The number of aryl methyl sites for hydroxylation is 1. The number of ether oxygens (including phenoxy) is 1. The molecule has 0 atom stereocenters. The van der Waals surface area contributed by atoms with Crippen LogP contribution in [0.3, 0.4) is 0 Å². The second kappa shape index (κ2) is 7.59. The van der Waals surface area contributed by atoms with Crippen LogP contribution < -0.4 is 10.6 Å². The molecule has 29 heavy (non-hydrogen) atoms. The zero-order chi connectivity index (χ0) is 20.4. The van der Waals surface area contributed by atoms with Gasteiger partial charge in [0.2, 0.25) is 11.9 Å². The predicted molar refractivity (Wildman–Crippen MR) is 98.5 cm³/mol. The van der Waals surface area contributed by atoms with E-state index in [4.69, 9.17) is 4.74 Å². The Morgan fingerprint density at radius 2 is 1.83 bits per heavy atom. The molecule has 0 amide bonds. The van der Waals surface area contributed by atoms with Crippen LogP contribution >= 0.6 is 0 Å². The molecule has 1 saturated heterocycles. The van der Waals surface area contributed by atoms with Crippen LogP contribution in [0.5, 0.6) is 0 Å². The third kappa shape index (κ3) is 4.57. The number of anilines is 3. The maximum atomic E-state index is 12.9. The van der Waals surface area contributed by atoms with E-state index in [0.29, 0.717) is 18.9 Å². The van der Waals surface area contributed by atoms with Crippen molar-refractivity contribution in [3.8, 4) is 11.5 Å². The number of hydrogen-bond acceptors (Lipinski definition) is 8. The van der Waals surface area contributed by atoms with Crippen molar-refractivity contribution < 1.29 is 17.9 Å². The maximum Gasteiger partial charge on any atom is 0.417 e. The van der Waals surface area contributed by atoms with Gasteiger partial charge >= 0.3 is 6.18 Å². The number of aromatic nitrogens is 5. The van der Waals surface area contributed by atoms with Crippen LogP contribution in [0.25, 0.3) is 11.5 Å². The highest BCUT2D eigenvalue weighted by atomic mass is 19.4. The summed E-state index contributed by atoms with van der Waals surface area (Å²) in [5.74, 6) is 0.630. The molecule has 4 heterocycles. The van der Waals surface area contributed by atoms with E-state index < -0.39 is 11.7 Å². The fraction of sp³-hybridized carbons (Fsp3) is 0.278. The van der Waals surface area contributed by atoms with E-state index in [9.17, 15) is 13.2 Å². The monoisotopic (exact) mass is 403 g/mol. The van der Waals surface area contributed by atoms with E-state index in [2.05, 4.69) is 35.6 Å². The number of nitrogens with zero attached hydrogens (tertiary/aromatic N) is 5. The van der Waals surface area contributed by atoms with Gasteiger partial charge in [0.05, 0.1) is 36.7 Å². The minimum Gasteiger partial charge on any atom is -0.377 e. The fourth-order valence-electron chi connectivity index (χ4n) is 2.57. The van der Waals surface area contributed by atoms with E-state index in [1.807, 2.05) is 19.1 Å². The molecule has 1 aliphatic heterocycles. The highest BCUT2D eigenvalue weighted by molar-refractivity contribution is 5.59. The smallest absolute Gasteiger partial charge is 0.377 e. The van der Waals surface area contributed by atoms with Crippen molar-refractivity contribution in [1.29, 1.82) is 0 Å². The molecule has 0 bridgehead atoms. The minimum atomic E-state index is -4.50. The number of pyridine rings is 2. The van der Waals surface area contributed by atoms with Crippen molar-refractivity contribution >= 4 is 17.6 Å². The van der Waals surface area contributed by atoms with Crippen molar-refractivity contribution in [2.45, 2.75) is 19.1 Å². The standard InChI is InChI=1S/C18H16F3N7O/c1-10-3-2-4-14(23-10)15-26-16(28-17(27-15)25-13-8-29-9-13)24-12-5-11(6-22-7-12)18(19,20)21/h2-7,13H,8-9H2,1H3,(H2,24,25,26,27,28). The number of hydrogen-bond donors (Lipinski definition) is 2. The lowest BCUT2D eigenvalue weighted by molar-refractivity contribution is -0.137. The van der Waals surface area contributed by atoms with Gasteiger partial charge in [0.15, 0.2) is 5.82 Å². The molecule has 2 N–H and O–H groups in total. The third-order valence-electron chi connectivity index (χ3n) is 4.05. The summed E-state index contributed by atoms with van der Waals surface area (Å²) in [6.07, 6.45) is -2.49. The van der Waals surface area contributed by atoms with Gasteiger partial charge in [0, 0.05) is 11.9 Å². The van der Waals surface area contributed by atoms with E-state index in [1.54, 1.807) is 6.07 Å². The Morgan fingerprint density at radius 3 is 2.52 bits per heavy atom. The lowest BCUT2D eigenvalue weighted by atomic mass is 10.2. The van der Waals surface area contributed by atoms with Gasteiger partial charge in [-0.25, -0.2) is 4.98 Å². The van der Waals surface area contributed by atoms with Crippen molar-refractivity contribution in [2.24, 2.45) is 0 Å². The van der Waals surface area contributed by atoms with Gasteiger partial charge in [0.1, 0.15) is 5.69 Å². The summed E-state index contributed by atoms with van der Waals surface area (Å²) in [7, 11) is 0. The average molecular weight is 403 g/mol. The molecule has 0 aliphatic carbocycles. The molecule has 0 radical (unpaired) electrons. The van der Waals surface area contributed by atoms with Crippen LogP contribution in [-0.4, -0.2) is 44.2 Å². The lowest BCUT2D eigenvalue weighted by Crippen LogP contribution is -2.40. The fourth-order valence-corrected chi connectivity index (χ4v) is 2.57. The number of rotatable bonds is 5. The summed E-state index contributed by atoms with van der Waals surface area (Å²) >= 11 is 0. The molecule has 4 rings (SSSR count). The van der Waals surface area contributed by atoms with Crippen molar-refractivity contribution in [3.05, 3.63) is 47.9 Å². The Balaban J connectivity index is 1.68. The second-order valence-corrected chi connectivity index (χ2v) is 6.43. The molecular weight excluding hydrogens is 387 g/mol. The first-order valence-electron chi connectivity index (χ1n) is 8.70. The molecule has 1 fully saturated rings. The lowest BCUT2D eigenvalue weighted by Gasteiger charge is -2.26. The van der Waals surface area contributed by atoms with Crippen LogP contribution in [0, 0.1) is 6.92 Å². The first kappa shape index (κ1) is 19.0. The first-order chi connectivity index (χ1) is 13.9. The number of nitrogens with one attached hydrogen (secondary N) is 2. The van der Waals surface area contributed by atoms with Crippen LogP contribution in [0.4, 0.5) is 30.8 Å². The quantitative estimate of drug-likeness (QED) is 0.670. The van der Waals surface area contributed by atoms with Gasteiger partial charge in [-0.05, 0) is 25.1 Å². The molecule has 8 nitrogen and oxygen atoms in total. The molecule has 11 heteroatoms.